The quantitative estimate of drug-likeness (QED) is 0.713. The molecule has 0 spiro atoms. The number of carboxylic acid groups (broad SMARTS) is 1. The molecule has 1 aromatic rings. The monoisotopic (exact) mass is 362 g/mol. The zero-order valence-electron chi connectivity index (χ0n) is 10.1. The van der Waals surface area contributed by atoms with E-state index in [2.05, 4.69) is 26.0 Å². The van der Waals surface area contributed by atoms with Crippen molar-refractivity contribution in [3.8, 4) is 0 Å². The average molecular weight is 363 g/mol. The lowest BCUT2D eigenvalue weighted by atomic mass is 10.2. The summed E-state index contributed by atoms with van der Waals surface area (Å²) in [4.78, 5) is 21.9. The van der Waals surface area contributed by atoms with Crippen molar-refractivity contribution in [2.24, 2.45) is 0 Å². The summed E-state index contributed by atoms with van der Waals surface area (Å²) >= 11 is 3.04. The summed E-state index contributed by atoms with van der Waals surface area (Å²) in [7, 11) is -3.87. The SMILES string of the molecule is O=C1CC(NS(=O)(=O)c2ccc(Br)c(C(=O)O)c2)CN1. The van der Waals surface area contributed by atoms with Gasteiger partial charge in [0.25, 0.3) is 0 Å². The topological polar surface area (TPSA) is 113 Å². The number of nitrogens with one attached hydrogen (secondary N) is 2. The normalized spacial score (nSPS) is 18.9. The molecule has 108 valence electrons. The minimum atomic E-state index is -3.87. The van der Waals surface area contributed by atoms with Crippen LogP contribution in [0.4, 0.5) is 0 Å². The maximum Gasteiger partial charge on any atom is 0.336 e. The van der Waals surface area contributed by atoms with Gasteiger partial charge < -0.3 is 10.4 Å². The van der Waals surface area contributed by atoms with Crippen LogP contribution in [-0.4, -0.2) is 38.0 Å². The Morgan fingerprint density at radius 3 is 2.70 bits per heavy atom. The van der Waals surface area contributed by atoms with Crippen LogP contribution in [0.25, 0.3) is 0 Å². The zero-order chi connectivity index (χ0) is 14.9. The number of carbonyl (C=O) groups excluding carboxylic acids is 1. The van der Waals surface area contributed by atoms with Crippen LogP contribution in [0.15, 0.2) is 27.6 Å². The van der Waals surface area contributed by atoms with Gasteiger partial charge in [-0.25, -0.2) is 17.9 Å². The number of amides is 1. The van der Waals surface area contributed by atoms with E-state index >= 15 is 0 Å². The van der Waals surface area contributed by atoms with E-state index in [0.717, 1.165) is 6.07 Å². The standard InChI is InChI=1S/C11H11BrN2O5S/c12-9-2-1-7(4-8(9)11(16)17)20(18,19)14-6-3-10(15)13-5-6/h1-2,4,6,14H,3,5H2,(H,13,15)(H,16,17). The molecule has 0 saturated carbocycles. The highest BCUT2D eigenvalue weighted by Crippen LogP contribution is 2.21. The molecule has 20 heavy (non-hydrogen) atoms. The maximum absolute atomic E-state index is 12.1. The fourth-order valence-electron chi connectivity index (χ4n) is 1.81. The molecule has 1 aliphatic rings. The Morgan fingerprint density at radius 1 is 1.45 bits per heavy atom. The Labute approximate surface area is 123 Å². The molecule has 1 amide bonds. The highest BCUT2D eigenvalue weighted by molar-refractivity contribution is 9.10. The van der Waals surface area contributed by atoms with Gasteiger partial charge in [0.2, 0.25) is 15.9 Å². The lowest BCUT2D eigenvalue weighted by molar-refractivity contribution is -0.119. The first kappa shape index (κ1) is 14.9. The largest absolute Gasteiger partial charge is 0.478 e. The third-order valence-corrected chi connectivity index (χ3v) is 4.99. The predicted molar refractivity (Wildman–Crippen MR) is 72.8 cm³/mol. The lowest BCUT2D eigenvalue weighted by Crippen LogP contribution is -2.36. The van der Waals surface area contributed by atoms with E-state index in [-0.39, 0.29) is 29.3 Å². The molecule has 7 nitrogen and oxygen atoms in total. The van der Waals surface area contributed by atoms with E-state index in [0.29, 0.717) is 4.47 Å². The summed E-state index contributed by atoms with van der Waals surface area (Å²) in [6.07, 6.45) is 0.0710. The van der Waals surface area contributed by atoms with Crippen LogP contribution < -0.4 is 10.0 Å². The molecule has 2 rings (SSSR count). The molecule has 0 bridgehead atoms. The number of sulfonamides is 1. The molecule has 1 aliphatic heterocycles. The third kappa shape index (κ3) is 3.17. The van der Waals surface area contributed by atoms with Crippen LogP contribution in [0.3, 0.4) is 0 Å². The van der Waals surface area contributed by atoms with E-state index in [4.69, 9.17) is 5.11 Å². The molecule has 1 aromatic carbocycles. The first-order chi connectivity index (χ1) is 9.29. The van der Waals surface area contributed by atoms with Gasteiger partial charge in [0.1, 0.15) is 0 Å². The van der Waals surface area contributed by atoms with Gasteiger partial charge >= 0.3 is 5.97 Å². The van der Waals surface area contributed by atoms with E-state index in [1.165, 1.54) is 12.1 Å². The van der Waals surface area contributed by atoms with Crippen molar-refractivity contribution in [3.05, 3.63) is 28.2 Å². The van der Waals surface area contributed by atoms with Crippen LogP contribution in [0, 0.1) is 0 Å². The first-order valence-corrected chi connectivity index (χ1v) is 7.89. The van der Waals surface area contributed by atoms with Crippen LogP contribution in [-0.2, 0) is 14.8 Å². The summed E-state index contributed by atoms with van der Waals surface area (Å²) in [5, 5.41) is 11.5. The van der Waals surface area contributed by atoms with Crippen LogP contribution in [0.1, 0.15) is 16.8 Å². The zero-order valence-corrected chi connectivity index (χ0v) is 12.5. The Balaban J connectivity index is 2.27. The molecule has 1 fully saturated rings. The predicted octanol–water partition coefficient (Wildman–Crippen LogP) is 0.314. The van der Waals surface area contributed by atoms with Gasteiger partial charge in [-0.1, -0.05) is 0 Å². The lowest BCUT2D eigenvalue weighted by Gasteiger charge is -2.12. The summed E-state index contributed by atoms with van der Waals surface area (Å²) in [5.41, 5.74) is -0.145. The Bertz CT molecular complexity index is 673. The van der Waals surface area contributed by atoms with Gasteiger partial charge in [0.05, 0.1) is 10.5 Å². The molecule has 9 heteroatoms. The van der Waals surface area contributed by atoms with E-state index in [1.54, 1.807) is 0 Å². The Kier molecular flexibility index (Phi) is 4.11. The van der Waals surface area contributed by atoms with Crippen molar-refractivity contribution >= 4 is 37.8 Å². The van der Waals surface area contributed by atoms with Gasteiger partial charge in [0, 0.05) is 23.5 Å². The summed E-state index contributed by atoms with van der Waals surface area (Å²) in [6.45, 7) is 0.223. The molecule has 3 N–H and O–H groups in total. The van der Waals surface area contributed by atoms with Crippen molar-refractivity contribution in [1.82, 2.24) is 10.0 Å². The second kappa shape index (κ2) is 5.51. The Morgan fingerprint density at radius 2 is 2.15 bits per heavy atom. The fraction of sp³-hybridized carbons (Fsp3) is 0.273. The highest BCUT2D eigenvalue weighted by Gasteiger charge is 2.27. The number of benzene rings is 1. The number of hydrogen-bond acceptors (Lipinski definition) is 4. The van der Waals surface area contributed by atoms with Gasteiger partial charge in [-0.2, -0.15) is 0 Å². The van der Waals surface area contributed by atoms with Crippen LogP contribution >= 0.6 is 15.9 Å². The summed E-state index contributed by atoms with van der Waals surface area (Å²) < 4.78 is 26.9. The van der Waals surface area contributed by atoms with Crippen molar-refractivity contribution in [2.45, 2.75) is 17.4 Å². The summed E-state index contributed by atoms with van der Waals surface area (Å²) in [6, 6.07) is 3.20. The van der Waals surface area contributed by atoms with Gasteiger partial charge in [0.15, 0.2) is 0 Å². The molecule has 0 radical (unpaired) electrons. The van der Waals surface area contributed by atoms with Gasteiger partial charge in [-0.15, -0.1) is 0 Å². The average Bonchev–Trinajstić information content (AvgIpc) is 2.73. The fourth-order valence-corrected chi connectivity index (χ4v) is 3.49. The molecule has 1 saturated heterocycles. The highest BCUT2D eigenvalue weighted by atomic mass is 79.9. The molecule has 1 unspecified atom stereocenters. The number of halogens is 1. The van der Waals surface area contributed by atoms with Gasteiger partial charge in [-0.05, 0) is 34.1 Å². The molecular weight excluding hydrogens is 352 g/mol. The van der Waals surface area contributed by atoms with Crippen molar-refractivity contribution in [1.29, 1.82) is 0 Å². The van der Waals surface area contributed by atoms with Crippen LogP contribution in [0.5, 0.6) is 0 Å². The number of rotatable bonds is 4. The minimum Gasteiger partial charge on any atom is -0.478 e. The molecular formula is C11H11BrN2O5S. The van der Waals surface area contributed by atoms with Crippen LogP contribution in [0.2, 0.25) is 0 Å². The van der Waals surface area contributed by atoms with E-state index < -0.39 is 22.0 Å². The molecule has 0 aromatic heterocycles. The van der Waals surface area contributed by atoms with E-state index in [9.17, 15) is 18.0 Å². The first-order valence-electron chi connectivity index (χ1n) is 5.61. The minimum absolute atomic E-state index is 0.0710. The van der Waals surface area contributed by atoms with E-state index in [1.807, 2.05) is 0 Å². The van der Waals surface area contributed by atoms with Crippen molar-refractivity contribution < 1.29 is 23.1 Å². The number of aromatic carboxylic acids is 1. The molecule has 1 heterocycles. The van der Waals surface area contributed by atoms with Gasteiger partial charge in [-0.3, -0.25) is 4.79 Å². The maximum atomic E-state index is 12.1. The van der Waals surface area contributed by atoms with Crippen molar-refractivity contribution in [2.75, 3.05) is 6.54 Å². The second-order valence-electron chi connectivity index (χ2n) is 4.27. The molecule has 1 atom stereocenters. The molecule has 0 aliphatic carbocycles. The summed E-state index contributed by atoms with van der Waals surface area (Å²) in [5.74, 6) is -1.45. The number of carbonyl (C=O) groups is 2. The third-order valence-electron chi connectivity index (χ3n) is 2.78. The second-order valence-corrected chi connectivity index (χ2v) is 6.84. The number of carboxylic acids is 1. The smallest absolute Gasteiger partial charge is 0.336 e. The van der Waals surface area contributed by atoms with Crippen molar-refractivity contribution in [3.63, 3.8) is 0 Å². The Hall–Kier alpha value is -1.45. The number of hydrogen-bond donors (Lipinski definition) is 3.